The molecule has 1 aliphatic heterocycles. The van der Waals surface area contributed by atoms with Crippen LogP contribution in [0.2, 0.25) is 0 Å². The van der Waals surface area contributed by atoms with Crippen LogP contribution in [0, 0.1) is 0 Å². The second kappa shape index (κ2) is 7.19. The Bertz CT molecular complexity index is 1170. The van der Waals surface area contributed by atoms with E-state index in [2.05, 4.69) is 25.6 Å². The van der Waals surface area contributed by atoms with Gasteiger partial charge in [-0.05, 0) is 31.5 Å². The Morgan fingerprint density at radius 1 is 1.13 bits per heavy atom. The monoisotopic (exact) mass is 448 g/mol. The maximum atomic E-state index is 12.9. The molecule has 0 atom stereocenters. The molecule has 4 heterocycles. The number of rotatable bonds is 4. The van der Waals surface area contributed by atoms with E-state index in [1.54, 1.807) is 23.5 Å². The minimum atomic E-state index is -4.48. The molecule has 162 valence electrons. The van der Waals surface area contributed by atoms with Gasteiger partial charge in [0, 0.05) is 25.7 Å². The number of carbonyl (C=O) groups excluding carboxylic acids is 1. The van der Waals surface area contributed by atoms with Crippen molar-refractivity contribution in [3.8, 4) is 11.4 Å². The van der Waals surface area contributed by atoms with E-state index in [9.17, 15) is 18.0 Å². The summed E-state index contributed by atoms with van der Waals surface area (Å²) in [6.45, 7) is 3.73. The van der Waals surface area contributed by atoms with Crippen LogP contribution in [0.1, 0.15) is 25.0 Å². The molecular weight excluding hydrogens is 429 g/mol. The maximum absolute atomic E-state index is 12.9. The third kappa shape index (κ3) is 3.58. The van der Waals surface area contributed by atoms with Gasteiger partial charge in [0.25, 0.3) is 0 Å². The highest BCUT2D eigenvalue weighted by molar-refractivity contribution is 7.14. The number of aromatic nitrogens is 3. The number of hydrogen-bond acceptors (Lipinski definition) is 7. The molecule has 0 aromatic carbocycles. The predicted octanol–water partition coefficient (Wildman–Crippen LogP) is 4.66. The Morgan fingerprint density at radius 2 is 1.87 bits per heavy atom. The van der Waals surface area contributed by atoms with Crippen molar-refractivity contribution in [2.24, 2.45) is 0 Å². The number of carbonyl (C=O) groups is 1. The number of nitrogens with zero attached hydrogens (tertiary/aromatic N) is 4. The number of alkyl halides is 3. The van der Waals surface area contributed by atoms with Crippen LogP contribution in [0.25, 0.3) is 11.4 Å². The molecule has 2 N–H and O–H groups in total. The zero-order chi connectivity index (χ0) is 22.6. The van der Waals surface area contributed by atoms with Crippen molar-refractivity contribution in [1.82, 2.24) is 15.0 Å². The summed E-state index contributed by atoms with van der Waals surface area (Å²) in [5.41, 5.74) is 1.52. The predicted molar refractivity (Wildman–Crippen MR) is 114 cm³/mol. The van der Waals surface area contributed by atoms with E-state index in [-0.39, 0.29) is 17.4 Å². The van der Waals surface area contributed by atoms with Gasteiger partial charge < -0.3 is 15.5 Å². The first-order chi connectivity index (χ1) is 14.5. The SMILES string of the molecule is CNc1cc(C(F)(F)F)cnc1Nc1nc(-c2cc3c(cn2)N(C)C(=O)C3(C)C)cs1. The van der Waals surface area contributed by atoms with Gasteiger partial charge >= 0.3 is 6.18 Å². The molecule has 0 fully saturated rings. The minimum absolute atomic E-state index is 0.00458. The average molecular weight is 448 g/mol. The van der Waals surface area contributed by atoms with Crippen molar-refractivity contribution in [2.45, 2.75) is 25.4 Å². The number of thiazole rings is 1. The van der Waals surface area contributed by atoms with Gasteiger partial charge in [-0.15, -0.1) is 11.3 Å². The molecule has 1 aliphatic rings. The fraction of sp³-hybridized carbons (Fsp3) is 0.300. The molecule has 0 radical (unpaired) electrons. The molecule has 0 saturated heterocycles. The van der Waals surface area contributed by atoms with E-state index in [0.29, 0.717) is 16.5 Å². The topological polar surface area (TPSA) is 83.0 Å². The minimum Gasteiger partial charge on any atom is -0.385 e. The van der Waals surface area contributed by atoms with Crippen molar-refractivity contribution in [3.05, 3.63) is 41.0 Å². The Hall–Kier alpha value is -3.21. The van der Waals surface area contributed by atoms with Gasteiger partial charge in [-0.3, -0.25) is 9.78 Å². The first-order valence-corrected chi connectivity index (χ1v) is 10.2. The summed E-state index contributed by atoms with van der Waals surface area (Å²) in [6, 6.07) is 2.84. The van der Waals surface area contributed by atoms with Crippen molar-refractivity contribution in [1.29, 1.82) is 0 Å². The quantitative estimate of drug-likeness (QED) is 0.604. The number of halogens is 3. The summed E-state index contributed by atoms with van der Waals surface area (Å²) in [4.78, 5) is 26.9. The van der Waals surface area contributed by atoms with E-state index in [1.807, 2.05) is 19.9 Å². The second-order valence-corrected chi connectivity index (χ2v) is 8.46. The lowest BCUT2D eigenvalue weighted by atomic mass is 9.86. The van der Waals surface area contributed by atoms with Gasteiger partial charge in [-0.25, -0.2) is 9.97 Å². The first kappa shape index (κ1) is 21.0. The molecule has 11 heteroatoms. The van der Waals surface area contributed by atoms with Crippen LogP contribution in [0.5, 0.6) is 0 Å². The third-order valence-electron chi connectivity index (χ3n) is 5.23. The summed E-state index contributed by atoms with van der Waals surface area (Å²) in [7, 11) is 3.24. The molecule has 0 bridgehead atoms. The molecular formula is C20H19F3N6OS. The number of pyridine rings is 2. The van der Waals surface area contributed by atoms with Crippen molar-refractivity contribution < 1.29 is 18.0 Å². The number of nitrogens with one attached hydrogen (secondary N) is 2. The van der Waals surface area contributed by atoms with Crippen molar-refractivity contribution in [2.75, 3.05) is 29.6 Å². The van der Waals surface area contributed by atoms with Crippen molar-refractivity contribution >= 4 is 39.6 Å². The van der Waals surface area contributed by atoms with E-state index >= 15 is 0 Å². The van der Waals surface area contributed by atoms with Crippen LogP contribution in [-0.2, 0) is 16.4 Å². The zero-order valence-corrected chi connectivity index (χ0v) is 17.9. The number of likely N-dealkylation sites (N-methyl/N-ethyl adjacent to an activating group) is 1. The van der Waals surface area contributed by atoms with Gasteiger partial charge in [0.15, 0.2) is 10.9 Å². The highest BCUT2D eigenvalue weighted by Gasteiger charge is 2.42. The number of hydrogen-bond donors (Lipinski definition) is 2. The lowest BCUT2D eigenvalue weighted by molar-refractivity contribution is -0.137. The molecule has 31 heavy (non-hydrogen) atoms. The van der Waals surface area contributed by atoms with Gasteiger partial charge in [0.1, 0.15) is 5.69 Å². The van der Waals surface area contributed by atoms with E-state index < -0.39 is 17.2 Å². The molecule has 0 saturated carbocycles. The Morgan fingerprint density at radius 3 is 2.55 bits per heavy atom. The molecule has 3 aromatic heterocycles. The fourth-order valence-corrected chi connectivity index (χ4v) is 4.16. The van der Waals surface area contributed by atoms with Crippen LogP contribution >= 0.6 is 11.3 Å². The number of anilines is 4. The fourth-order valence-electron chi connectivity index (χ4n) is 3.46. The zero-order valence-electron chi connectivity index (χ0n) is 17.1. The van der Waals surface area contributed by atoms with E-state index in [0.717, 1.165) is 23.5 Å². The van der Waals surface area contributed by atoms with Crippen LogP contribution in [-0.4, -0.2) is 35.0 Å². The van der Waals surface area contributed by atoms with Gasteiger partial charge in [-0.1, -0.05) is 0 Å². The van der Waals surface area contributed by atoms with Gasteiger partial charge in [0.2, 0.25) is 5.91 Å². The molecule has 7 nitrogen and oxygen atoms in total. The van der Waals surface area contributed by atoms with Crippen molar-refractivity contribution in [3.63, 3.8) is 0 Å². The largest absolute Gasteiger partial charge is 0.417 e. The summed E-state index contributed by atoms with van der Waals surface area (Å²) in [5, 5.41) is 7.90. The Labute approximate surface area is 180 Å². The summed E-state index contributed by atoms with van der Waals surface area (Å²) in [5.74, 6) is 0.224. The summed E-state index contributed by atoms with van der Waals surface area (Å²) in [6.07, 6.45) is -2.05. The van der Waals surface area contributed by atoms with E-state index in [4.69, 9.17) is 0 Å². The maximum Gasteiger partial charge on any atom is 0.417 e. The second-order valence-electron chi connectivity index (χ2n) is 7.61. The highest BCUT2D eigenvalue weighted by atomic mass is 32.1. The van der Waals surface area contributed by atoms with Crippen LogP contribution in [0.15, 0.2) is 29.9 Å². The first-order valence-electron chi connectivity index (χ1n) is 9.29. The lowest BCUT2D eigenvalue weighted by Gasteiger charge is -2.16. The summed E-state index contributed by atoms with van der Waals surface area (Å²) >= 11 is 1.27. The number of amides is 1. The lowest BCUT2D eigenvalue weighted by Crippen LogP contribution is -2.33. The Balaban J connectivity index is 1.62. The molecule has 0 unspecified atom stereocenters. The molecule has 1 amide bonds. The van der Waals surface area contributed by atoms with Gasteiger partial charge in [-0.2, -0.15) is 13.2 Å². The molecule has 0 aliphatic carbocycles. The van der Waals surface area contributed by atoms with Crippen LogP contribution in [0.3, 0.4) is 0 Å². The van der Waals surface area contributed by atoms with E-state index in [1.165, 1.54) is 18.4 Å². The third-order valence-corrected chi connectivity index (χ3v) is 5.99. The molecule has 4 rings (SSSR count). The Kier molecular flexibility index (Phi) is 4.88. The molecule has 3 aromatic rings. The molecule has 0 spiro atoms. The van der Waals surface area contributed by atoms with Gasteiger partial charge in [0.05, 0.1) is 34.2 Å². The van der Waals surface area contributed by atoms with Crippen LogP contribution in [0.4, 0.5) is 35.5 Å². The highest BCUT2D eigenvalue weighted by Crippen LogP contribution is 2.42. The average Bonchev–Trinajstić information content (AvgIpc) is 3.25. The number of fused-ring (bicyclic) bond motifs is 1. The smallest absolute Gasteiger partial charge is 0.385 e. The van der Waals surface area contributed by atoms with Crippen LogP contribution < -0.4 is 15.5 Å². The summed E-state index contributed by atoms with van der Waals surface area (Å²) < 4.78 is 38.8. The normalized spacial score (nSPS) is 15.2. The standard InChI is InChI=1S/C20H19F3N6OS/c1-19(2)11-6-12(25-8-15(11)29(4)17(19)30)14-9-31-18(27-14)28-16-13(24-3)5-10(7-26-16)20(21,22)23/h5-9,24H,1-4H3,(H,26,27,28).